The molecule has 32 heavy (non-hydrogen) atoms. The molecule has 0 radical (unpaired) electrons. The van der Waals surface area contributed by atoms with Crippen molar-refractivity contribution in [2.75, 3.05) is 13.2 Å². The number of fused-ring (bicyclic) bond motifs is 4. The monoisotopic (exact) mass is 426 g/mol. The van der Waals surface area contributed by atoms with Crippen LogP contribution in [0.1, 0.15) is 51.5 Å². The highest BCUT2D eigenvalue weighted by atomic mass is 16.5. The fourth-order valence-corrected chi connectivity index (χ4v) is 4.93. The molecule has 0 aromatic heterocycles. The molecule has 5 heteroatoms. The molecule has 5 rings (SSSR count). The van der Waals surface area contributed by atoms with Gasteiger partial charge in [0.25, 0.3) is 5.91 Å². The molecular formula is C27H26N2O3. The molecule has 2 atom stereocenters. The van der Waals surface area contributed by atoms with Gasteiger partial charge in [0.2, 0.25) is 5.91 Å². The molecule has 0 bridgehead atoms. The first-order valence-corrected chi connectivity index (χ1v) is 11.1. The zero-order chi connectivity index (χ0) is 22.1. The molecule has 2 aliphatic heterocycles. The number of ether oxygens (including phenoxy) is 1. The lowest BCUT2D eigenvalue weighted by atomic mass is 9.76. The van der Waals surface area contributed by atoms with Crippen molar-refractivity contribution >= 4 is 11.8 Å². The van der Waals surface area contributed by atoms with Gasteiger partial charge in [-0.15, -0.1) is 0 Å². The fourth-order valence-electron chi connectivity index (χ4n) is 4.93. The van der Waals surface area contributed by atoms with E-state index in [-0.39, 0.29) is 17.9 Å². The average molecular weight is 427 g/mol. The zero-order valence-electron chi connectivity index (χ0n) is 18.1. The number of hydrogen-bond acceptors (Lipinski definition) is 3. The Kier molecular flexibility index (Phi) is 5.39. The highest BCUT2D eigenvalue weighted by Crippen LogP contribution is 2.45. The summed E-state index contributed by atoms with van der Waals surface area (Å²) in [7, 11) is 0. The second kappa shape index (κ2) is 8.50. The Hall–Kier alpha value is -3.60. The van der Waals surface area contributed by atoms with Crippen molar-refractivity contribution in [1.29, 1.82) is 0 Å². The molecule has 3 aromatic carbocycles. The summed E-state index contributed by atoms with van der Waals surface area (Å²) in [6.07, 6.45) is 0.807. The number of benzene rings is 3. The van der Waals surface area contributed by atoms with Crippen LogP contribution in [0.15, 0.2) is 72.8 Å². The van der Waals surface area contributed by atoms with Crippen molar-refractivity contribution in [2.45, 2.75) is 31.8 Å². The van der Waals surface area contributed by atoms with Crippen LogP contribution in [0.4, 0.5) is 0 Å². The van der Waals surface area contributed by atoms with E-state index in [1.807, 2.05) is 72.5 Å². The Morgan fingerprint density at radius 1 is 1.00 bits per heavy atom. The lowest BCUT2D eigenvalue weighted by Gasteiger charge is -2.45. The molecular weight excluding hydrogens is 400 g/mol. The quantitative estimate of drug-likeness (QED) is 0.664. The van der Waals surface area contributed by atoms with Crippen LogP contribution in [0.3, 0.4) is 0 Å². The van der Waals surface area contributed by atoms with Crippen LogP contribution in [-0.4, -0.2) is 29.9 Å². The summed E-state index contributed by atoms with van der Waals surface area (Å²) in [6.45, 7) is 3.62. The molecule has 1 N–H and O–H groups in total. The van der Waals surface area contributed by atoms with Crippen LogP contribution in [0.5, 0.6) is 5.75 Å². The van der Waals surface area contributed by atoms with E-state index in [1.54, 1.807) is 0 Å². The first-order valence-electron chi connectivity index (χ1n) is 11.1. The highest BCUT2D eigenvalue weighted by Gasteiger charge is 2.45. The van der Waals surface area contributed by atoms with Crippen LogP contribution in [0, 0.1) is 0 Å². The summed E-state index contributed by atoms with van der Waals surface area (Å²) < 4.78 is 5.50. The molecule has 5 nitrogen and oxygen atoms in total. The van der Waals surface area contributed by atoms with Crippen LogP contribution >= 0.6 is 0 Å². The third-order valence-electron chi connectivity index (χ3n) is 6.42. The van der Waals surface area contributed by atoms with Crippen molar-refractivity contribution in [1.82, 2.24) is 10.2 Å². The van der Waals surface area contributed by atoms with Crippen LogP contribution < -0.4 is 10.1 Å². The number of carbonyl (C=O) groups excluding carboxylic acids is 2. The Morgan fingerprint density at radius 3 is 2.50 bits per heavy atom. The van der Waals surface area contributed by atoms with Crippen molar-refractivity contribution in [3.05, 3.63) is 101 Å². The molecule has 0 fully saturated rings. The summed E-state index contributed by atoms with van der Waals surface area (Å²) in [6, 6.07) is 23.2. The summed E-state index contributed by atoms with van der Waals surface area (Å²) in [4.78, 5) is 28.8. The maximum Gasteiger partial charge on any atom is 0.254 e. The second-order valence-electron chi connectivity index (χ2n) is 8.25. The number of nitrogens with one attached hydrogen (secondary N) is 1. The van der Waals surface area contributed by atoms with E-state index in [9.17, 15) is 9.59 Å². The molecule has 2 aliphatic rings. The van der Waals surface area contributed by atoms with Gasteiger partial charge < -0.3 is 15.0 Å². The van der Waals surface area contributed by atoms with E-state index in [0.717, 1.165) is 28.9 Å². The SMILES string of the molecule is CCOc1ccc(CNC(=O)[C@@H]2c3ccccc3C(=O)N3CCc4ccccc4[C@@H]23)cc1. The Balaban J connectivity index is 1.47. The van der Waals surface area contributed by atoms with Crippen molar-refractivity contribution < 1.29 is 14.3 Å². The smallest absolute Gasteiger partial charge is 0.254 e. The van der Waals surface area contributed by atoms with E-state index >= 15 is 0 Å². The third-order valence-corrected chi connectivity index (χ3v) is 6.42. The van der Waals surface area contributed by atoms with E-state index in [0.29, 0.717) is 25.3 Å². The average Bonchev–Trinajstić information content (AvgIpc) is 2.84. The lowest BCUT2D eigenvalue weighted by molar-refractivity contribution is -0.124. The summed E-state index contributed by atoms with van der Waals surface area (Å²) in [5, 5.41) is 3.12. The Bertz CT molecular complexity index is 1160. The Morgan fingerprint density at radius 2 is 1.72 bits per heavy atom. The summed E-state index contributed by atoms with van der Waals surface area (Å²) in [5.74, 6) is 0.311. The minimum atomic E-state index is -0.451. The van der Waals surface area contributed by atoms with Gasteiger partial charge in [-0.1, -0.05) is 54.6 Å². The largest absolute Gasteiger partial charge is 0.494 e. The van der Waals surface area contributed by atoms with E-state index in [4.69, 9.17) is 4.74 Å². The van der Waals surface area contributed by atoms with Gasteiger partial charge in [-0.25, -0.2) is 0 Å². The summed E-state index contributed by atoms with van der Waals surface area (Å²) in [5.41, 5.74) is 4.72. The van der Waals surface area contributed by atoms with Crippen LogP contribution in [-0.2, 0) is 17.8 Å². The van der Waals surface area contributed by atoms with E-state index in [2.05, 4.69) is 17.4 Å². The van der Waals surface area contributed by atoms with Crippen LogP contribution in [0.25, 0.3) is 0 Å². The Labute approximate surface area is 188 Å². The minimum Gasteiger partial charge on any atom is -0.494 e. The number of amides is 2. The fraction of sp³-hybridized carbons (Fsp3) is 0.259. The predicted molar refractivity (Wildman–Crippen MR) is 123 cm³/mol. The normalized spacial score (nSPS) is 18.9. The minimum absolute atomic E-state index is 0.00988. The maximum absolute atomic E-state index is 13.6. The van der Waals surface area contributed by atoms with Crippen molar-refractivity contribution in [2.24, 2.45) is 0 Å². The molecule has 0 unspecified atom stereocenters. The van der Waals surface area contributed by atoms with Gasteiger partial charge in [0.1, 0.15) is 5.75 Å². The van der Waals surface area contributed by atoms with Gasteiger partial charge in [0.05, 0.1) is 18.6 Å². The predicted octanol–water partition coefficient (Wildman–Crippen LogP) is 4.24. The maximum atomic E-state index is 13.6. The first kappa shape index (κ1) is 20.3. The second-order valence-corrected chi connectivity index (χ2v) is 8.25. The summed E-state index contributed by atoms with van der Waals surface area (Å²) >= 11 is 0. The van der Waals surface area contributed by atoms with Gasteiger partial charge in [0, 0.05) is 18.7 Å². The highest BCUT2D eigenvalue weighted by molar-refractivity contribution is 6.01. The number of nitrogens with zero attached hydrogens (tertiary/aromatic N) is 1. The molecule has 0 saturated heterocycles. The van der Waals surface area contributed by atoms with E-state index in [1.165, 1.54) is 5.56 Å². The number of hydrogen-bond donors (Lipinski definition) is 1. The number of carbonyl (C=O) groups is 2. The third kappa shape index (κ3) is 3.54. The molecule has 2 amide bonds. The topological polar surface area (TPSA) is 58.6 Å². The van der Waals surface area contributed by atoms with Crippen molar-refractivity contribution in [3.8, 4) is 5.75 Å². The van der Waals surface area contributed by atoms with Gasteiger partial charge in [-0.3, -0.25) is 9.59 Å². The van der Waals surface area contributed by atoms with E-state index < -0.39 is 5.92 Å². The zero-order valence-corrected chi connectivity index (χ0v) is 18.1. The molecule has 3 aromatic rings. The molecule has 162 valence electrons. The van der Waals surface area contributed by atoms with Crippen LogP contribution in [0.2, 0.25) is 0 Å². The van der Waals surface area contributed by atoms with Gasteiger partial charge in [0.15, 0.2) is 0 Å². The standard InChI is InChI=1S/C27H26N2O3/c1-2-32-20-13-11-18(12-14-20)17-28-26(30)24-22-9-5-6-10-23(22)27(31)29-16-15-19-7-3-4-8-21(19)25(24)29/h3-14,24-25H,2,15-17H2,1H3,(H,28,30)/t24-,25+/m1/s1. The lowest BCUT2D eigenvalue weighted by Crippen LogP contribution is -2.50. The molecule has 0 spiro atoms. The van der Waals surface area contributed by atoms with Gasteiger partial charge in [-0.05, 0) is 53.8 Å². The molecule has 0 saturated carbocycles. The number of rotatable bonds is 5. The van der Waals surface area contributed by atoms with Crippen molar-refractivity contribution in [3.63, 3.8) is 0 Å². The molecule has 2 heterocycles. The van der Waals surface area contributed by atoms with Gasteiger partial charge in [-0.2, -0.15) is 0 Å². The first-order chi connectivity index (χ1) is 15.7. The molecule has 0 aliphatic carbocycles. The van der Waals surface area contributed by atoms with Gasteiger partial charge >= 0.3 is 0 Å².